The number of hydrogen-bond donors (Lipinski definition) is 1. The predicted molar refractivity (Wildman–Crippen MR) is 125 cm³/mol. The highest BCUT2D eigenvalue weighted by Gasteiger charge is 2.21. The molecule has 0 amide bonds. The molecule has 1 N–H and O–H groups in total. The van der Waals surface area contributed by atoms with Gasteiger partial charge in [0.1, 0.15) is 11.6 Å². The second kappa shape index (κ2) is 10.4. The summed E-state index contributed by atoms with van der Waals surface area (Å²) in [4.78, 5) is 26.6. The van der Waals surface area contributed by atoms with Crippen molar-refractivity contribution in [3.63, 3.8) is 0 Å². The number of fused-ring (bicyclic) bond motifs is 1. The summed E-state index contributed by atoms with van der Waals surface area (Å²) in [6.07, 6.45) is 2.65. The van der Waals surface area contributed by atoms with Crippen molar-refractivity contribution in [3.05, 3.63) is 59.0 Å². The molecule has 0 aliphatic rings. The van der Waals surface area contributed by atoms with Crippen LogP contribution in [0.5, 0.6) is 11.5 Å². The van der Waals surface area contributed by atoms with Crippen molar-refractivity contribution in [3.8, 4) is 11.5 Å². The SMILES string of the molecule is CNC(CCSC)C(=O)Oc1cc(N(C)c2cc(=O)oc3ccccc23)ccc1OC. The molecule has 1 aromatic heterocycles. The number of benzene rings is 2. The van der Waals surface area contributed by atoms with Gasteiger partial charge in [0, 0.05) is 30.3 Å². The van der Waals surface area contributed by atoms with Gasteiger partial charge in [-0.25, -0.2) is 9.59 Å². The summed E-state index contributed by atoms with van der Waals surface area (Å²) >= 11 is 1.67. The Morgan fingerprint density at radius 2 is 1.97 bits per heavy atom. The summed E-state index contributed by atoms with van der Waals surface area (Å²) in [5.74, 6) is 1.22. The number of esters is 1. The van der Waals surface area contributed by atoms with E-state index < -0.39 is 11.7 Å². The smallest absolute Gasteiger partial charge is 0.338 e. The maximum atomic E-state index is 12.7. The van der Waals surface area contributed by atoms with E-state index in [0.717, 1.165) is 16.8 Å². The van der Waals surface area contributed by atoms with Crippen LogP contribution in [0.25, 0.3) is 11.0 Å². The van der Waals surface area contributed by atoms with Crippen LogP contribution in [0.2, 0.25) is 0 Å². The summed E-state index contributed by atoms with van der Waals surface area (Å²) in [5.41, 5.74) is 1.47. The van der Waals surface area contributed by atoms with Gasteiger partial charge in [0.25, 0.3) is 0 Å². The van der Waals surface area contributed by atoms with E-state index >= 15 is 0 Å². The largest absolute Gasteiger partial charge is 0.493 e. The highest BCUT2D eigenvalue weighted by atomic mass is 32.2. The van der Waals surface area contributed by atoms with E-state index in [1.807, 2.05) is 42.5 Å². The standard InChI is InChI=1S/C23H26N2O5S/c1-24-17(11-12-31-4)23(27)30-21-13-15(9-10-20(21)28-3)25(2)18-14-22(26)29-19-8-6-5-7-16(18)19/h5-10,13-14,17,24H,11-12H2,1-4H3. The molecule has 0 bridgehead atoms. The maximum absolute atomic E-state index is 12.7. The van der Waals surface area contributed by atoms with Gasteiger partial charge in [-0.05, 0) is 49.7 Å². The molecule has 0 saturated carbocycles. The van der Waals surface area contributed by atoms with Crippen LogP contribution in [0.4, 0.5) is 11.4 Å². The van der Waals surface area contributed by atoms with Gasteiger partial charge in [-0.2, -0.15) is 11.8 Å². The average Bonchev–Trinajstić information content (AvgIpc) is 2.78. The van der Waals surface area contributed by atoms with Gasteiger partial charge in [-0.15, -0.1) is 0 Å². The Bertz CT molecular complexity index is 1110. The van der Waals surface area contributed by atoms with E-state index in [1.165, 1.54) is 13.2 Å². The van der Waals surface area contributed by atoms with E-state index in [9.17, 15) is 9.59 Å². The summed E-state index contributed by atoms with van der Waals surface area (Å²) in [6, 6.07) is 13.7. The molecule has 2 aromatic carbocycles. The predicted octanol–water partition coefficient (Wildman–Crippen LogP) is 3.82. The number of methoxy groups -OCH3 is 1. The Morgan fingerprint density at radius 3 is 2.68 bits per heavy atom. The first-order valence-electron chi connectivity index (χ1n) is 9.81. The van der Waals surface area contributed by atoms with Crippen LogP contribution in [-0.4, -0.2) is 45.2 Å². The third-order valence-electron chi connectivity index (χ3n) is 4.98. The minimum Gasteiger partial charge on any atom is -0.493 e. The summed E-state index contributed by atoms with van der Waals surface area (Å²) in [6.45, 7) is 0. The van der Waals surface area contributed by atoms with Gasteiger partial charge in [-0.3, -0.25) is 0 Å². The Labute approximate surface area is 185 Å². The molecular weight excluding hydrogens is 416 g/mol. The number of likely N-dealkylation sites (N-methyl/N-ethyl adjacent to an activating group) is 1. The van der Waals surface area contributed by atoms with E-state index in [2.05, 4.69) is 5.32 Å². The van der Waals surface area contributed by atoms with Gasteiger partial charge in [0.05, 0.1) is 12.8 Å². The molecule has 8 heteroatoms. The fraction of sp³-hybridized carbons (Fsp3) is 0.304. The highest BCUT2D eigenvalue weighted by molar-refractivity contribution is 7.98. The zero-order valence-corrected chi connectivity index (χ0v) is 18.8. The Morgan fingerprint density at radius 1 is 1.19 bits per heavy atom. The number of para-hydroxylation sites is 1. The van der Waals surface area contributed by atoms with Crippen LogP contribution in [0.3, 0.4) is 0 Å². The van der Waals surface area contributed by atoms with Crippen molar-refractivity contribution in [2.45, 2.75) is 12.5 Å². The number of ether oxygens (including phenoxy) is 2. The van der Waals surface area contributed by atoms with Gasteiger partial charge >= 0.3 is 11.6 Å². The third kappa shape index (κ3) is 5.21. The van der Waals surface area contributed by atoms with Crippen LogP contribution in [0, 0.1) is 0 Å². The highest BCUT2D eigenvalue weighted by Crippen LogP contribution is 2.36. The second-order valence-corrected chi connectivity index (χ2v) is 7.87. The van der Waals surface area contributed by atoms with Crippen molar-refractivity contribution in [2.75, 3.05) is 38.1 Å². The summed E-state index contributed by atoms with van der Waals surface area (Å²) < 4.78 is 16.4. The number of nitrogens with zero attached hydrogens (tertiary/aromatic N) is 1. The third-order valence-corrected chi connectivity index (χ3v) is 5.62. The molecule has 0 spiro atoms. The Hall–Kier alpha value is -2.97. The number of nitrogens with one attached hydrogen (secondary N) is 1. The molecule has 0 aliphatic heterocycles. The topological polar surface area (TPSA) is 81.0 Å². The monoisotopic (exact) mass is 442 g/mol. The van der Waals surface area contributed by atoms with Gasteiger partial charge in [-0.1, -0.05) is 12.1 Å². The fourth-order valence-corrected chi connectivity index (χ4v) is 3.73. The normalized spacial score (nSPS) is 11.9. The zero-order chi connectivity index (χ0) is 22.4. The van der Waals surface area contributed by atoms with E-state index in [-0.39, 0.29) is 5.97 Å². The minimum atomic E-state index is -0.439. The lowest BCUT2D eigenvalue weighted by molar-refractivity contribution is -0.136. The van der Waals surface area contributed by atoms with E-state index in [4.69, 9.17) is 13.9 Å². The quantitative estimate of drug-likeness (QED) is 0.304. The van der Waals surface area contributed by atoms with Crippen LogP contribution >= 0.6 is 11.8 Å². The molecule has 3 rings (SSSR count). The molecule has 1 heterocycles. The number of rotatable bonds is 9. The number of carbonyl (C=O) groups is 1. The lowest BCUT2D eigenvalue weighted by atomic mass is 10.1. The van der Waals surface area contributed by atoms with Crippen LogP contribution in [0.15, 0.2) is 57.7 Å². The first kappa shape index (κ1) is 22.7. The van der Waals surface area contributed by atoms with Gasteiger partial charge in [0.15, 0.2) is 11.5 Å². The van der Waals surface area contributed by atoms with Crippen molar-refractivity contribution in [2.24, 2.45) is 0 Å². The van der Waals surface area contributed by atoms with E-state index in [1.54, 1.807) is 37.0 Å². The molecule has 0 aliphatic carbocycles. The van der Waals surface area contributed by atoms with Crippen molar-refractivity contribution in [1.82, 2.24) is 5.32 Å². The number of hydrogen-bond acceptors (Lipinski definition) is 8. The van der Waals surface area contributed by atoms with E-state index in [0.29, 0.717) is 29.2 Å². The average molecular weight is 443 g/mol. The molecule has 0 saturated heterocycles. The van der Waals surface area contributed by atoms with Crippen LogP contribution in [-0.2, 0) is 4.79 Å². The first-order chi connectivity index (χ1) is 15.0. The van der Waals surface area contributed by atoms with Crippen LogP contribution < -0.4 is 25.3 Å². The molecule has 3 aromatic rings. The van der Waals surface area contributed by atoms with Gasteiger partial charge in [0.2, 0.25) is 0 Å². The zero-order valence-electron chi connectivity index (χ0n) is 18.0. The summed E-state index contributed by atoms with van der Waals surface area (Å²) in [5, 5.41) is 3.80. The number of carbonyl (C=O) groups excluding carboxylic acids is 1. The van der Waals surface area contributed by atoms with Crippen molar-refractivity contribution >= 4 is 40.1 Å². The van der Waals surface area contributed by atoms with Gasteiger partial charge < -0.3 is 24.1 Å². The lowest BCUT2D eigenvalue weighted by Gasteiger charge is -2.22. The maximum Gasteiger partial charge on any atom is 0.338 e. The first-order valence-corrected chi connectivity index (χ1v) is 11.2. The number of thioether (sulfide) groups is 1. The molecule has 0 fully saturated rings. The molecular formula is C23H26N2O5S. The lowest BCUT2D eigenvalue weighted by Crippen LogP contribution is -2.37. The van der Waals surface area contributed by atoms with Crippen LogP contribution in [0.1, 0.15) is 6.42 Å². The molecule has 31 heavy (non-hydrogen) atoms. The molecule has 7 nitrogen and oxygen atoms in total. The summed E-state index contributed by atoms with van der Waals surface area (Å²) in [7, 11) is 5.10. The van der Waals surface area contributed by atoms with Crippen molar-refractivity contribution < 1.29 is 18.7 Å². The van der Waals surface area contributed by atoms with Crippen molar-refractivity contribution in [1.29, 1.82) is 0 Å². The minimum absolute atomic E-state index is 0.313. The molecule has 1 atom stereocenters. The fourth-order valence-electron chi connectivity index (χ4n) is 3.26. The number of anilines is 2. The molecule has 164 valence electrons. The molecule has 1 unspecified atom stereocenters. The Balaban J connectivity index is 1.95. The Kier molecular flexibility index (Phi) is 7.59. The molecule has 0 radical (unpaired) electrons. The second-order valence-electron chi connectivity index (χ2n) is 6.88.